The van der Waals surface area contributed by atoms with Crippen LogP contribution in [0.15, 0.2) is 42.5 Å². The van der Waals surface area contributed by atoms with Gasteiger partial charge < -0.3 is 15.2 Å². The van der Waals surface area contributed by atoms with Gasteiger partial charge >= 0.3 is 6.18 Å². The van der Waals surface area contributed by atoms with E-state index in [0.29, 0.717) is 29.9 Å². The van der Waals surface area contributed by atoms with Gasteiger partial charge in [-0.15, -0.1) is 0 Å². The molecule has 0 bridgehead atoms. The minimum Gasteiger partial charge on any atom is -0.357 e. The highest BCUT2D eigenvalue weighted by Crippen LogP contribution is 2.32. The highest BCUT2D eigenvalue weighted by Gasteiger charge is 2.33. The lowest BCUT2D eigenvalue weighted by molar-refractivity contribution is -0.141. The van der Waals surface area contributed by atoms with Crippen molar-refractivity contribution in [3.05, 3.63) is 59.4 Å². The molecule has 2 aromatic heterocycles. The van der Waals surface area contributed by atoms with Crippen LogP contribution < -0.4 is 5.32 Å². The van der Waals surface area contributed by atoms with Gasteiger partial charge in [0.2, 0.25) is 5.91 Å². The van der Waals surface area contributed by atoms with E-state index in [1.807, 2.05) is 0 Å². The molecule has 0 aliphatic carbocycles. The molecule has 162 valence electrons. The third-order valence-corrected chi connectivity index (χ3v) is 5.39. The predicted octanol–water partition coefficient (Wildman–Crippen LogP) is 4.56. The van der Waals surface area contributed by atoms with E-state index in [-0.39, 0.29) is 23.2 Å². The maximum absolute atomic E-state index is 12.9. The van der Waals surface area contributed by atoms with Gasteiger partial charge in [-0.3, -0.25) is 9.59 Å². The lowest BCUT2D eigenvalue weighted by Gasteiger charge is -2.32. The Morgan fingerprint density at radius 1 is 1.16 bits per heavy atom. The highest BCUT2D eigenvalue weighted by molar-refractivity contribution is 5.95. The monoisotopic (exact) mass is 430 g/mol. The van der Waals surface area contributed by atoms with Crippen LogP contribution in [0.5, 0.6) is 0 Å². The first kappa shape index (κ1) is 20.9. The van der Waals surface area contributed by atoms with Gasteiger partial charge in [-0.05, 0) is 55.3 Å². The number of carbonyl (C=O) groups excluding carboxylic acids is 2. The summed E-state index contributed by atoms with van der Waals surface area (Å²) in [5.41, 5.74) is 1.79. The number of nitrogens with one attached hydrogen (secondary N) is 2. The molecule has 2 amide bonds. The number of carbonyl (C=O) groups is 2. The van der Waals surface area contributed by atoms with Gasteiger partial charge in [0, 0.05) is 42.9 Å². The number of amides is 2. The molecule has 1 aliphatic heterocycles. The number of piperidine rings is 1. The van der Waals surface area contributed by atoms with Crippen molar-refractivity contribution in [1.29, 1.82) is 0 Å². The van der Waals surface area contributed by atoms with E-state index >= 15 is 0 Å². The molecule has 1 aliphatic rings. The van der Waals surface area contributed by atoms with Crippen molar-refractivity contribution in [2.45, 2.75) is 31.9 Å². The molecule has 0 radical (unpaired) electrons. The largest absolute Gasteiger partial charge is 0.433 e. The third-order valence-electron chi connectivity index (χ3n) is 5.39. The van der Waals surface area contributed by atoms with Gasteiger partial charge in [-0.25, -0.2) is 4.98 Å². The number of benzene rings is 1. The molecule has 31 heavy (non-hydrogen) atoms. The number of hydrogen-bond donors (Lipinski definition) is 2. The third kappa shape index (κ3) is 4.55. The predicted molar refractivity (Wildman–Crippen MR) is 110 cm³/mol. The molecule has 3 aromatic rings. The lowest BCUT2D eigenvalue weighted by atomic mass is 9.94. The lowest BCUT2D eigenvalue weighted by Crippen LogP contribution is -2.39. The summed E-state index contributed by atoms with van der Waals surface area (Å²) in [4.78, 5) is 32.7. The fraction of sp³-hybridized carbons (Fsp3) is 0.318. The number of pyridine rings is 1. The minimum atomic E-state index is -4.49. The molecule has 0 saturated carbocycles. The number of aromatic amines is 1. The first-order chi connectivity index (χ1) is 14.7. The number of anilines is 1. The number of H-pyrrole nitrogens is 1. The van der Waals surface area contributed by atoms with Crippen LogP contribution in [0, 0.1) is 0 Å². The minimum absolute atomic E-state index is 0.0140. The van der Waals surface area contributed by atoms with Crippen LogP contribution in [0.2, 0.25) is 0 Å². The number of alkyl halides is 3. The molecular weight excluding hydrogens is 409 g/mol. The number of rotatable bonds is 3. The zero-order valence-corrected chi connectivity index (χ0v) is 16.8. The van der Waals surface area contributed by atoms with Gasteiger partial charge in [0.25, 0.3) is 5.91 Å². The zero-order chi connectivity index (χ0) is 22.2. The Hall–Kier alpha value is -3.36. The second-order valence-corrected chi connectivity index (χ2v) is 7.70. The van der Waals surface area contributed by atoms with Gasteiger partial charge in [0.15, 0.2) is 0 Å². The Balaban J connectivity index is 1.50. The quantitative estimate of drug-likeness (QED) is 0.640. The van der Waals surface area contributed by atoms with Crippen molar-refractivity contribution in [3.63, 3.8) is 0 Å². The second-order valence-electron chi connectivity index (χ2n) is 7.70. The number of nitrogens with zero attached hydrogens (tertiary/aromatic N) is 2. The molecule has 3 heterocycles. The average molecular weight is 430 g/mol. The molecule has 4 rings (SSSR count). The molecule has 6 nitrogen and oxygen atoms in total. The molecule has 9 heteroatoms. The van der Waals surface area contributed by atoms with E-state index in [1.165, 1.54) is 13.0 Å². The molecule has 2 N–H and O–H groups in total. The van der Waals surface area contributed by atoms with E-state index < -0.39 is 11.9 Å². The van der Waals surface area contributed by atoms with Crippen LogP contribution in [-0.2, 0) is 11.0 Å². The first-order valence-corrected chi connectivity index (χ1v) is 9.94. The summed E-state index contributed by atoms with van der Waals surface area (Å²) in [5.74, 6) is -0.319. The van der Waals surface area contributed by atoms with Crippen LogP contribution in [0.3, 0.4) is 0 Å². The topological polar surface area (TPSA) is 78.1 Å². The molecule has 1 unspecified atom stereocenters. The Labute approximate surface area is 176 Å². The van der Waals surface area contributed by atoms with Crippen LogP contribution in [0.4, 0.5) is 18.9 Å². The molecule has 1 saturated heterocycles. The molecule has 0 spiro atoms. The van der Waals surface area contributed by atoms with Crippen LogP contribution in [0.1, 0.15) is 47.4 Å². The van der Waals surface area contributed by atoms with Gasteiger partial charge in [0.1, 0.15) is 5.69 Å². The van der Waals surface area contributed by atoms with Gasteiger partial charge in [-0.1, -0.05) is 0 Å². The Bertz CT molecular complexity index is 1120. The standard InChI is InChI=1S/C22H21F3N4O2/c1-13(30)26-16-6-4-14(5-7-16)21(31)29-10-2-3-15(12-29)18-11-19-17(27-18)8-9-20(28-19)22(23,24)25/h4-9,11,15,27H,2-3,10,12H2,1H3,(H,26,30). The highest BCUT2D eigenvalue weighted by atomic mass is 19.4. The zero-order valence-electron chi connectivity index (χ0n) is 16.8. The number of likely N-dealkylation sites (tertiary alicyclic amines) is 1. The molecule has 1 fully saturated rings. The van der Waals surface area contributed by atoms with E-state index in [4.69, 9.17) is 0 Å². The number of hydrogen-bond acceptors (Lipinski definition) is 3. The second kappa shape index (κ2) is 8.05. The van der Waals surface area contributed by atoms with E-state index in [9.17, 15) is 22.8 Å². The Morgan fingerprint density at radius 3 is 2.58 bits per heavy atom. The normalized spacial score (nSPS) is 17.0. The molecule has 1 aromatic carbocycles. The Morgan fingerprint density at radius 2 is 1.90 bits per heavy atom. The number of aromatic nitrogens is 2. The van der Waals surface area contributed by atoms with Crippen molar-refractivity contribution in [1.82, 2.24) is 14.9 Å². The average Bonchev–Trinajstić information content (AvgIpc) is 3.16. The van der Waals surface area contributed by atoms with Crippen molar-refractivity contribution in [3.8, 4) is 0 Å². The summed E-state index contributed by atoms with van der Waals surface area (Å²) in [6, 6.07) is 10.7. The SMILES string of the molecule is CC(=O)Nc1ccc(C(=O)N2CCCC(c3cc4nc(C(F)(F)F)ccc4[nH]3)C2)cc1. The maximum atomic E-state index is 12.9. The summed E-state index contributed by atoms with van der Waals surface area (Å²) in [7, 11) is 0. The summed E-state index contributed by atoms with van der Waals surface area (Å²) in [5, 5.41) is 2.66. The van der Waals surface area contributed by atoms with Crippen LogP contribution in [0.25, 0.3) is 11.0 Å². The molecular formula is C22H21F3N4O2. The Kier molecular flexibility index (Phi) is 5.43. The first-order valence-electron chi connectivity index (χ1n) is 9.94. The van der Waals surface area contributed by atoms with Gasteiger partial charge in [0.05, 0.1) is 11.0 Å². The van der Waals surface area contributed by atoms with Crippen molar-refractivity contribution in [2.24, 2.45) is 0 Å². The van der Waals surface area contributed by atoms with E-state index in [2.05, 4.69) is 15.3 Å². The summed E-state index contributed by atoms with van der Waals surface area (Å²) in [6.07, 6.45) is -2.88. The fourth-order valence-electron chi connectivity index (χ4n) is 3.90. The van der Waals surface area contributed by atoms with Crippen molar-refractivity contribution in [2.75, 3.05) is 18.4 Å². The van der Waals surface area contributed by atoms with E-state index in [1.54, 1.807) is 35.2 Å². The van der Waals surface area contributed by atoms with Crippen molar-refractivity contribution >= 4 is 28.5 Å². The van der Waals surface area contributed by atoms with E-state index in [0.717, 1.165) is 24.6 Å². The number of fused-ring (bicyclic) bond motifs is 1. The van der Waals surface area contributed by atoms with Gasteiger partial charge in [-0.2, -0.15) is 13.2 Å². The van der Waals surface area contributed by atoms with Crippen molar-refractivity contribution < 1.29 is 22.8 Å². The molecule has 1 atom stereocenters. The summed E-state index contributed by atoms with van der Waals surface area (Å²) < 4.78 is 38.8. The number of halogens is 3. The summed E-state index contributed by atoms with van der Waals surface area (Å²) >= 11 is 0. The smallest absolute Gasteiger partial charge is 0.357 e. The van der Waals surface area contributed by atoms with Crippen LogP contribution in [-0.4, -0.2) is 39.8 Å². The summed E-state index contributed by atoms with van der Waals surface area (Å²) in [6.45, 7) is 2.49. The maximum Gasteiger partial charge on any atom is 0.433 e. The van der Waals surface area contributed by atoms with Crippen LogP contribution >= 0.6 is 0 Å². The fourth-order valence-corrected chi connectivity index (χ4v) is 3.90.